The number of hydrogen-bond donors (Lipinski definition) is 1. The van der Waals surface area contributed by atoms with Crippen LogP contribution in [0.2, 0.25) is 0 Å². The number of rotatable bonds is 5. The zero-order valence-electron chi connectivity index (χ0n) is 11.1. The van der Waals surface area contributed by atoms with Gasteiger partial charge in [-0.1, -0.05) is 6.92 Å². The second-order valence-electron chi connectivity index (χ2n) is 4.25. The largest absolute Gasteiger partial charge is 0.378 e. The molecule has 2 aromatic rings. The number of anilines is 1. The van der Waals surface area contributed by atoms with Crippen LogP contribution in [-0.4, -0.2) is 6.26 Å². The van der Waals surface area contributed by atoms with Gasteiger partial charge in [-0.3, -0.25) is 0 Å². The Morgan fingerprint density at radius 1 is 1.17 bits per heavy atom. The van der Waals surface area contributed by atoms with Crippen LogP contribution in [0.25, 0.3) is 0 Å². The molecule has 0 aliphatic carbocycles. The van der Waals surface area contributed by atoms with Gasteiger partial charge in [-0.05, 0) is 56.0 Å². The van der Waals surface area contributed by atoms with Gasteiger partial charge in [0.1, 0.15) is 0 Å². The first kappa shape index (κ1) is 13.5. The summed E-state index contributed by atoms with van der Waals surface area (Å²) in [6, 6.07) is 13.5. The Labute approximate surface area is 118 Å². The average Bonchev–Trinajstić information content (AvgIpc) is 2.88. The Bertz CT molecular complexity index is 487. The van der Waals surface area contributed by atoms with Gasteiger partial charge in [0.2, 0.25) is 0 Å². The molecule has 1 aromatic heterocycles. The highest BCUT2D eigenvalue weighted by Crippen LogP contribution is 2.27. The fraction of sp³-hybridized carbons (Fsp3) is 0.333. The minimum atomic E-state index is 0.371. The highest BCUT2D eigenvalue weighted by Gasteiger charge is 2.08. The molecule has 18 heavy (non-hydrogen) atoms. The summed E-state index contributed by atoms with van der Waals surface area (Å²) in [5, 5.41) is 3.55. The third kappa shape index (κ3) is 3.30. The van der Waals surface area contributed by atoms with E-state index in [1.807, 2.05) is 11.3 Å². The predicted molar refractivity (Wildman–Crippen MR) is 84.0 cm³/mol. The maximum atomic E-state index is 3.55. The van der Waals surface area contributed by atoms with Crippen LogP contribution >= 0.6 is 23.1 Å². The van der Waals surface area contributed by atoms with E-state index < -0.39 is 0 Å². The number of thiophene rings is 1. The molecule has 0 radical (unpaired) electrons. The van der Waals surface area contributed by atoms with Gasteiger partial charge in [0, 0.05) is 20.3 Å². The fourth-order valence-corrected chi connectivity index (χ4v) is 3.19. The van der Waals surface area contributed by atoms with Gasteiger partial charge in [0.05, 0.1) is 6.04 Å². The zero-order valence-corrected chi connectivity index (χ0v) is 12.7. The monoisotopic (exact) mass is 277 g/mol. The van der Waals surface area contributed by atoms with Gasteiger partial charge in [0.15, 0.2) is 0 Å². The average molecular weight is 277 g/mol. The lowest BCUT2D eigenvalue weighted by molar-refractivity contribution is 0.908. The molecule has 0 spiro atoms. The summed E-state index contributed by atoms with van der Waals surface area (Å²) >= 11 is 3.67. The molecule has 0 amide bonds. The quantitative estimate of drug-likeness (QED) is 0.753. The molecular formula is C15H19NS2. The molecule has 3 heteroatoms. The van der Waals surface area contributed by atoms with Crippen molar-refractivity contribution in [2.24, 2.45) is 0 Å². The van der Waals surface area contributed by atoms with E-state index in [9.17, 15) is 0 Å². The Morgan fingerprint density at radius 3 is 2.44 bits per heavy atom. The normalized spacial score (nSPS) is 12.4. The van der Waals surface area contributed by atoms with Crippen molar-refractivity contribution < 1.29 is 0 Å². The number of benzene rings is 1. The van der Waals surface area contributed by atoms with Crippen LogP contribution in [0, 0.1) is 0 Å². The number of nitrogens with one attached hydrogen (secondary N) is 1. The number of thioether (sulfide) groups is 1. The maximum absolute atomic E-state index is 3.55. The Hall–Kier alpha value is -0.930. The van der Waals surface area contributed by atoms with Crippen molar-refractivity contribution in [1.29, 1.82) is 0 Å². The van der Waals surface area contributed by atoms with Gasteiger partial charge in [-0.2, -0.15) is 0 Å². The molecule has 0 fully saturated rings. The first-order chi connectivity index (χ1) is 8.72. The highest BCUT2D eigenvalue weighted by atomic mass is 32.2. The van der Waals surface area contributed by atoms with Crippen LogP contribution in [0.4, 0.5) is 5.69 Å². The van der Waals surface area contributed by atoms with Crippen molar-refractivity contribution in [2.45, 2.75) is 31.2 Å². The molecule has 2 rings (SSSR count). The molecule has 1 N–H and O–H groups in total. The summed E-state index contributed by atoms with van der Waals surface area (Å²) in [6.45, 7) is 4.42. The highest BCUT2D eigenvalue weighted by molar-refractivity contribution is 7.98. The van der Waals surface area contributed by atoms with Crippen molar-refractivity contribution in [1.82, 2.24) is 0 Å². The van der Waals surface area contributed by atoms with E-state index in [1.54, 1.807) is 11.8 Å². The second kappa shape index (κ2) is 6.30. The lowest BCUT2D eigenvalue weighted by atomic mass is 10.2. The summed E-state index contributed by atoms with van der Waals surface area (Å²) in [5.74, 6) is 0. The lowest BCUT2D eigenvalue weighted by Crippen LogP contribution is -2.04. The number of hydrogen-bond acceptors (Lipinski definition) is 3. The Kier molecular flexibility index (Phi) is 4.72. The molecule has 0 saturated carbocycles. The first-order valence-corrected chi connectivity index (χ1v) is 8.26. The van der Waals surface area contributed by atoms with Crippen molar-refractivity contribution >= 4 is 28.8 Å². The molecule has 0 saturated heterocycles. The van der Waals surface area contributed by atoms with E-state index in [1.165, 1.54) is 20.3 Å². The minimum absolute atomic E-state index is 0.371. The summed E-state index contributed by atoms with van der Waals surface area (Å²) in [7, 11) is 0. The Morgan fingerprint density at radius 2 is 1.89 bits per heavy atom. The fourth-order valence-electron chi connectivity index (χ4n) is 1.83. The number of aryl methyl sites for hydroxylation is 1. The van der Waals surface area contributed by atoms with E-state index in [2.05, 4.69) is 61.8 Å². The molecule has 1 heterocycles. The first-order valence-electron chi connectivity index (χ1n) is 6.22. The van der Waals surface area contributed by atoms with Gasteiger partial charge in [-0.15, -0.1) is 23.1 Å². The van der Waals surface area contributed by atoms with Gasteiger partial charge in [0.25, 0.3) is 0 Å². The van der Waals surface area contributed by atoms with Crippen molar-refractivity contribution in [3.63, 3.8) is 0 Å². The van der Waals surface area contributed by atoms with Crippen molar-refractivity contribution in [2.75, 3.05) is 11.6 Å². The van der Waals surface area contributed by atoms with Gasteiger partial charge >= 0.3 is 0 Å². The van der Waals surface area contributed by atoms with E-state index in [0.29, 0.717) is 6.04 Å². The second-order valence-corrected chi connectivity index (χ2v) is 6.33. The van der Waals surface area contributed by atoms with Crippen molar-refractivity contribution in [3.8, 4) is 0 Å². The molecular weight excluding hydrogens is 258 g/mol. The van der Waals surface area contributed by atoms with Crippen LogP contribution in [0.15, 0.2) is 41.3 Å². The van der Waals surface area contributed by atoms with E-state index in [0.717, 1.165) is 6.42 Å². The van der Waals surface area contributed by atoms with Crippen LogP contribution in [0.5, 0.6) is 0 Å². The van der Waals surface area contributed by atoms with Crippen LogP contribution in [0.1, 0.15) is 29.6 Å². The molecule has 96 valence electrons. The minimum Gasteiger partial charge on any atom is -0.378 e. The van der Waals surface area contributed by atoms with E-state index in [-0.39, 0.29) is 0 Å². The molecule has 1 atom stereocenters. The summed E-state index contributed by atoms with van der Waals surface area (Å²) < 4.78 is 0. The molecule has 1 aromatic carbocycles. The third-order valence-electron chi connectivity index (χ3n) is 2.93. The van der Waals surface area contributed by atoms with Crippen LogP contribution < -0.4 is 5.32 Å². The molecule has 0 bridgehead atoms. The lowest BCUT2D eigenvalue weighted by Gasteiger charge is -2.14. The van der Waals surface area contributed by atoms with Crippen LogP contribution in [-0.2, 0) is 6.42 Å². The van der Waals surface area contributed by atoms with Gasteiger partial charge < -0.3 is 5.32 Å². The molecule has 1 unspecified atom stereocenters. The van der Waals surface area contributed by atoms with Crippen molar-refractivity contribution in [3.05, 3.63) is 46.2 Å². The van der Waals surface area contributed by atoms with Crippen LogP contribution in [0.3, 0.4) is 0 Å². The molecule has 0 aliphatic heterocycles. The summed E-state index contributed by atoms with van der Waals surface area (Å²) in [4.78, 5) is 4.16. The zero-order chi connectivity index (χ0) is 13.0. The predicted octanol–water partition coefficient (Wildman–Crippen LogP) is 5.21. The Balaban J connectivity index is 2.03. The molecule has 0 aliphatic rings. The smallest absolute Gasteiger partial charge is 0.0578 e. The van der Waals surface area contributed by atoms with E-state index in [4.69, 9.17) is 0 Å². The maximum Gasteiger partial charge on any atom is 0.0578 e. The third-order valence-corrected chi connectivity index (χ3v) is 5.09. The standard InChI is InChI=1S/C15H19NS2/c1-4-13-9-10-15(18-13)11(2)16-12-5-7-14(17-3)8-6-12/h5-11,16H,4H2,1-3H3. The van der Waals surface area contributed by atoms with E-state index >= 15 is 0 Å². The summed E-state index contributed by atoms with van der Waals surface area (Å²) in [5.41, 5.74) is 1.19. The topological polar surface area (TPSA) is 12.0 Å². The SMILES string of the molecule is CCc1ccc(C(C)Nc2ccc(SC)cc2)s1. The summed E-state index contributed by atoms with van der Waals surface area (Å²) in [6.07, 6.45) is 3.22. The molecule has 1 nitrogen and oxygen atoms in total. The van der Waals surface area contributed by atoms with Gasteiger partial charge in [-0.25, -0.2) is 0 Å².